The minimum absolute atomic E-state index is 0.117. The molecule has 5 nitrogen and oxygen atoms in total. The number of fused-ring (bicyclic) bond motifs is 1. The monoisotopic (exact) mass is 330 g/mol. The average Bonchev–Trinajstić information content (AvgIpc) is 2.69. The highest BCUT2D eigenvalue weighted by atomic mass is 16.1. The molecule has 0 saturated carbocycles. The standard InChI is InChI=1S/C20H18N4O/c25-19(16-7-2-1-3-8-16)23-17-11-4-9-15-10-5-14-24(18(15)17)20-21-12-6-13-22-20/h1-4,6-9,11-13H,5,10,14H2,(H,23,25). The lowest BCUT2D eigenvalue weighted by atomic mass is 10.0. The molecule has 0 fully saturated rings. The Morgan fingerprint density at radius 1 is 0.960 bits per heavy atom. The molecule has 124 valence electrons. The summed E-state index contributed by atoms with van der Waals surface area (Å²) in [6.07, 6.45) is 5.48. The highest BCUT2D eigenvalue weighted by Gasteiger charge is 2.24. The molecule has 1 N–H and O–H groups in total. The van der Waals surface area contributed by atoms with E-state index in [0.717, 1.165) is 30.8 Å². The number of hydrogen-bond donors (Lipinski definition) is 1. The Kier molecular flexibility index (Phi) is 4.12. The maximum atomic E-state index is 12.6. The number of para-hydroxylation sites is 1. The number of carbonyl (C=O) groups excluding carboxylic acids is 1. The van der Waals surface area contributed by atoms with Crippen molar-refractivity contribution in [3.63, 3.8) is 0 Å². The largest absolute Gasteiger partial charge is 0.320 e. The molecule has 0 atom stereocenters. The molecule has 3 aromatic rings. The van der Waals surface area contributed by atoms with Gasteiger partial charge in [-0.05, 0) is 42.7 Å². The van der Waals surface area contributed by atoms with Gasteiger partial charge in [0.15, 0.2) is 0 Å². The van der Waals surface area contributed by atoms with Crippen molar-refractivity contribution in [3.8, 4) is 0 Å². The van der Waals surface area contributed by atoms with E-state index in [9.17, 15) is 4.79 Å². The van der Waals surface area contributed by atoms with Gasteiger partial charge in [-0.15, -0.1) is 0 Å². The van der Waals surface area contributed by atoms with Crippen molar-refractivity contribution in [2.24, 2.45) is 0 Å². The third kappa shape index (κ3) is 3.08. The third-order valence-corrected chi connectivity index (χ3v) is 4.30. The summed E-state index contributed by atoms with van der Waals surface area (Å²) in [5, 5.41) is 3.05. The number of nitrogens with one attached hydrogen (secondary N) is 1. The summed E-state index contributed by atoms with van der Waals surface area (Å²) in [6.45, 7) is 0.829. The summed E-state index contributed by atoms with van der Waals surface area (Å²) in [4.78, 5) is 23.4. The fourth-order valence-corrected chi connectivity index (χ4v) is 3.17. The number of anilines is 3. The van der Waals surface area contributed by atoms with Crippen LogP contribution >= 0.6 is 0 Å². The number of carbonyl (C=O) groups is 1. The highest BCUT2D eigenvalue weighted by molar-refractivity contribution is 6.06. The maximum Gasteiger partial charge on any atom is 0.255 e. The molecule has 0 radical (unpaired) electrons. The van der Waals surface area contributed by atoms with E-state index >= 15 is 0 Å². The summed E-state index contributed by atoms with van der Waals surface area (Å²) in [6, 6.07) is 17.1. The Labute approximate surface area is 146 Å². The van der Waals surface area contributed by atoms with Gasteiger partial charge in [-0.1, -0.05) is 30.3 Å². The second-order valence-corrected chi connectivity index (χ2v) is 5.94. The van der Waals surface area contributed by atoms with Crippen molar-refractivity contribution >= 4 is 23.2 Å². The van der Waals surface area contributed by atoms with Crippen molar-refractivity contribution < 1.29 is 4.79 Å². The van der Waals surface area contributed by atoms with E-state index in [-0.39, 0.29) is 5.91 Å². The van der Waals surface area contributed by atoms with E-state index in [1.54, 1.807) is 18.5 Å². The maximum absolute atomic E-state index is 12.6. The van der Waals surface area contributed by atoms with Crippen LogP contribution in [0.15, 0.2) is 67.0 Å². The zero-order valence-electron chi connectivity index (χ0n) is 13.7. The lowest BCUT2D eigenvalue weighted by Crippen LogP contribution is -2.28. The summed E-state index contributed by atoms with van der Waals surface area (Å²) in [7, 11) is 0. The normalized spacial score (nSPS) is 13.2. The van der Waals surface area contributed by atoms with Crippen LogP contribution in [0, 0.1) is 0 Å². The van der Waals surface area contributed by atoms with Crippen LogP contribution in [0.1, 0.15) is 22.3 Å². The molecular weight excluding hydrogens is 312 g/mol. The van der Waals surface area contributed by atoms with E-state index in [1.165, 1.54) is 5.56 Å². The van der Waals surface area contributed by atoms with Crippen molar-refractivity contribution in [1.29, 1.82) is 0 Å². The summed E-state index contributed by atoms with van der Waals surface area (Å²) in [5.74, 6) is 0.540. The molecule has 2 heterocycles. The van der Waals surface area contributed by atoms with E-state index in [2.05, 4.69) is 26.3 Å². The van der Waals surface area contributed by atoms with Crippen LogP contribution in [0.5, 0.6) is 0 Å². The van der Waals surface area contributed by atoms with E-state index in [4.69, 9.17) is 0 Å². The van der Waals surface area contributed by atoms with Gasteiger partial charge in [0.2, 0.25) is 5.95 Å². The van der Waals surface area contributed by atoms with Gasteiger partial charge in [-0.3, -0.25) is 4.79 Å². The van der Waals surface area contributed by atoms with Gasteiger partial charge in [0, 0.05) is 24.5 Å². The molecular formula is C20H18N4O. The van der Waals surface area contributed by atoms with Crippen LogP contribution in [0.2, 0.25) is 0 Å². The summed E-state index contributed by atoms with van der Waals surface area (Å²) >= 11 is 0. The zero-order chi connectivity index (χ0) is 17.1. The van der Waals surface area contributed by atoms with Crippen LogP contribution in [-0.2, 0) is 6.42 Å². The number of benzene rings is 2. The van der Waals surface area contributed by atoms with Crippen LogP contribution in [0.25, 0.3) is 0 Å². The second kappa shape index (κ2) is 6.73. The smallest absolute Gasteiger partial charge is 0.255 e. The zero-order valence-corrected chi connectivity index (χ0v) is 13.7. The van der Waals surface area contributed by atoms with Crippen LogP contribution in [0.4, 0.5) is 17.3 Å². The molecule has 0 unspecified atom stereocenters. The van der Waals surface area contributed by atoms with Crippen molar-refractivity contribution in [2.75, 3.05) is 16.8 Å². The first-order valence-electron chi connectivity index (χ1n) is 8.36. The lowest BCUT2D eigenvalue weighted by molar-refractivity contribution is 0.102. The first kappa shape index (κ1) is 15.3. The molecule has 4 rings (SSSR count). The average molecular weight is 330 g/mol. The Morgan fingerprint density at radius 2 is 1.76 bits per heavy atom. The van der Waals surface area contributed by atoms with E-state index < -0.39 is 0 Å². The van der Waals surface area contributed by atoms with Gasteiger partial charge in [0.05, 0.1) is 11.4 Å². The third-order valence-electron chi connectivity index (χ3n) is 4.30. The number of hydrogen-bond acceptors (Lipinski definition) is 4. The van der Waals surface area contributed by atoms with Gasteiger partial charge in [-0.25, -0.2) is 9.97 Å². The molecule has 2 aromatic carbocycles. The van der Waals surface area contributed by atoms with Gasteiger partial charge in [0.25, 0.3) is 5.91 Å². The SMILES string of the molecule is O=C(Nc1cccc2c1N(c1ncccn1)CCC2)c1ccccc1. The summed E-state index contributed by atoms with van der Waals surface area (Å²) < 4.78 is 0. The van der Waals surface area contributed by atoms with Crippen LogP contribution in [0.3, 0.4) is 0 Å². The predicted octanol–water partition coefficient (Wildman–Crippen LogP) is 3.81. The lowest BCUT2D eigenvalue weighted by Gasteiger charge is -2.31. The van der Waals surface area contributed by atoms with Crippen molar-refractivity contribution in [1.82, 2.24) is 9.97 Å². The summed E-state index contributed by atoms with van der Waals surface area (Å²) in [5.41, 5.74) is 3.62. The van der Waals surface area contributed by atoms with Crippen LogP contribution < -0.4 is 10.2 Å². The number of nitrogens with zero attached hydrogens (tertiary/aromatic N) is 3. The quantitative estimate of drug-likeness (QED) is 0.793. The Balaban J connectivity index is 1.72. The molecule has 1 aliphatic rings. The van der Waals surface area contributed by atoms with Gasteiger partial charge >= 0.3 is 0 Å². The Hall–Kier alpha value is -3.21. The minimum Gasteiger partial charge on any atom is -0.320 e. The second-order valence-electron chi connectivity index (χ2n) is 5.94. The molecule has 1 amide bonds. The first-order valence-corrected chi connectivity index (χ1v) is 8.36. The number of aromatic nitrogens is 2. The van der Waals surface area contributed by atoms with Gasteiger partial charge in [0.1, 0.15) is 0 Å². The van der Waals surface area contributed by atoms with E-state index in [0.29, 0.717) is 11.5 Å². The fourth-order valence-electron chi connectivity index (χ4n) is 3.17. The van der Waals surface area contributed by atoms with Crippen molar-refractivity contribution in [3.05, 3.63) is 78.1 Å². The fraction of sp³-hybridized carbons (Fsp3) is 0.150. The topological polar surface area (TPSA) is 58.1 Å². The van der Waals surface area contributed by atoms with Crippen molar-refractivity contribution in [2.45, 2.75) is 12.8 Å². The van der Waals surface area contributed by atoms with Gasteiger partial charge < -0.3 is 10.2 Å². The Bertz CT molecular complexity index is 881. The molecule has 5 heteroatoms. The molecule has 25 heavy (non-hydrogen) atoms. The molecule has 0 saturated heterocycles. The van der Waals surface area contributed by atoms with Gasteiger partial charge in [-0.2, -0.15) is 0 Å². The highest BCUT2D eigenvalue weighted by Crippen LogP contribution is 2.37. The molecule has 0 spiro atoms. The molecule has 1 aliphatic heterocycles. The number of aryl methyl sites for hydroxylation is 1. The van der Waals surface area contributed by atoms with E-state index in [1.807, 2.05) is 42.5 Å². The predicted molar refractivity (Wildman–Crippen MR) is 98.2 cm³/mol. The molecule has 0 bridgehead atoms. The molecule has 1 aromatic heterocycles. The number of amides is 1. The Morgan fingerprint density at radius 3 is 2.56 bits per heavy atom. The minimum atomic E-state index is -0.117. The first-order chi connectivity index (χ1) is 12.3. The molecule has 0 aliphatic carbocycles. The number of rotatable bonds is 3. The van der Waals surface area contributed by atoms with Crippen LogP contribution in [-0.4, -0.2) is 22.4 Å².